The summed E-state index contributed by atoms with van der Waals surface area (Å²) in [4.78, 5) is 17.8. The van der Waals surface area contributed by atoms with Crippen molar-refractivity contribution in [2.24, 2.45) is 10.9 Å². The number of fused-ring (bicyclic) bond motifs is 1. The minimum absolute atomic E-state index is 0.0246. The number of amidine groups is 1. The van der Waals surface area contributed by atoms with Crippen molar-refractivity contribution in [3.8, 4) is 0 Å². The number of amides is 1. The Balaban J connectivity index is 2.12. The largest absolute Gasteiger partial charge is 0.349 e. The van der Waals surface area contributed by atoms with Crippen LogP contribution in [0.2, 0.25) is 0 Å². The number of nitrogens with zero attached hydrogens (tertiary/aromatic N) is 2. The van der Waals surface area contributed by atoms with Crippen LogP contribution in [0.3, 0.4) is 0 Å². The van der Waals surface area contributed by atoms with E-state index >= 15 is 0 Å². The van der Waals surface area contributed by atoms with Crippen LogP contribution in [0.5, 0.6) is 0 Å². The van der Waals surface area contributed by atoms with E-state index in [1.807, 2.05) is 25.8 Å². The molecule has 1 amide bonds. The van der Waals surface area contributed by atoms with E-state index in [-0.39, 0.29) is 34.6 Å². The zero-order chi connectivity index (χ0) is 13.5. The number of sulfone groups is 1. The summed E-state index contributed by atoms with van der Waals surface area (Å²) >= 11 is 1.42. The smallest absolute Gasteiger partial charge is 0.250 e. The van der Waals surface area contributed by atoms with Crippen LogP contribution in [0.25, 0.3) is 0 Å². The third-order valence-electron chi connectivity index (χ3n) is 3.57. The fourth-order valence-electron chi connectivity index (χ4n) is 2.12. The fraction of sp³-hybridized carbons (Fsp3) is 0.818. The van der Waals surface area contributed by atoms with E-state index in [9.17, 15) is 13.2 Å². The van der Waals surface area contributed by atoms with Gasteiger partial charge in [-0.3, -0.25) is 4.79 Å². The van der Waals surface area contributed by atoms with Crippen LogP contribution < -0.4 is 0 Å². The molecular weight excluding hydrogens is 272 g/mol. The van der Waals surface area contributed by atoms with Gasteiger partial charge in [0, 0.05) is 18.2 Å². The van der Waals surface area contributed by atoms with E-state index in [4.69, 9.17) is 0 Å². The number of rotatable bonds is 2. The van der Waals surface area contributed by atoms with Crippen molar-refractivity contribution in [1.29, 1.82) is 0 Å². The van der Waals surface area contributed by atoms with Gasteiger partial charge in [-0.05, 0) is 6.42 Å². The maximum absolute atomic E-state index is 11.8. The van der Waals surface area contributed by atoms with Crippen LogP contribution in [0.15, 0.2) is 4.99 Å². The van der Waals surface area contributed by atoms with E-state index in [0.29, 0.717) is 5.17 Å². The molecule has 0 aromatic heterocycles. The van der Waals surface area contributed by atoms with Gasteiger partial charge in [0.2, 0.25) is 0 Å². The Bertz CT molecular complexity index is 487. The quantitative estimate of drug-likeness (QED) is 0.751. The lowest BCUT2D eigenvalue weighted by Crippen LogP contribution is -2.34. The second-order valence-corrected chi connectivity index (χ2v) is 8.31. The highest BCUT2D eigenvalue weighted by Gasteiger charge is 2.47. The van der Waals surface area contributed by atoms with Crippen molar-refractivity contribution in [3.05, 3.63) is 0 Å². The maximum Gasteiger partial charge on any atom is 0.250 e. The number of carbonyl (C=O) groups is 1. The van der Waals surface area contributed by atoms with Gasteiger partial charge in [-0.2, -0.15) is 4.99 Å². The molecule has 0 aliphatic carbocycles. The van der Waals surface area contributed by atoms with Crippen LogP contribution in [0.4, 0.5) is 0 Å². The molecule has 5 nitrogen and oxygen atoms in total. The molecule has 0 unspecified atom stereocenters. The molecular formula is C11H18N2O3S2. The first-order valence-corrected chi connectivity index (χ1v) is 8.76. The van der Waals surface area contributed by atoms with Gasteiger partial charge in [-0.25, -0.2) is 8.42 Å². The Morgan fingerprint density at radius 2 is 2.22 bits per heavy atom. The highest BCUT2D eigenvalue weighted by Crippen LogP contribution is 2.37. The number of carbonyl (C=O) groups excluding carboxylic acids is 1. The summed E-state index contributed by atoms with van der Waals surface area (Å²) in [7, 11) is -1.09. The summed E-state index contributed by atoms with van der Waals surface area (Å²) in [5.41, 5.74) is 0. The van der Waals surface area contributed by atoms with Gasteiger partial charge in [0.05, 0.1) is 17.5 Å². The SMILES string of the molecule is CC[C@H](C)C(=O)N=C1S[C@@H]2CS(=O)(=O)C[C@@H]2N1C. The Kier molecular flexibility index (Phi) is 3.73. The number of hydrogen-bond acceptors (Lipinski definition) is 4. The molecule has 0 aromatic rings. The van der Waals surface area contributed by atoms with E-state index in [1.165, 1.54) is 11.8 Å². The first kappa shape index (κ1) is 13.9. The molecule has 0 aromatic carbocycles. The number of thioether (sulfide) groups is 1. The van der Waals surface area contributed by atoms with Gasteiger partial charge in [-0.1, -0.05) is 25.6 Å². The molecule has 2 aliphatic rings. The van der Waals surface area contributed by atoms with Crippen LogP contribution in [0.1, 0.15) is 20.3 Å². The molecule has 102 valence electrons. The topological polar surface area (TPSA) is 66.8 Å². The van der Waals surface area contributed by atoms with Gasteiger partial charge in [0.25, 0.3) is 5.91 Å². The molecule has 0 spiro atoms. The van der Waals surface area contributed by atoms with E-state index in [2.05, 4.69) is 4.99 Å². The van der Waals surface area contributed by atoms with Crippen molar-refractivity contribution in [1.82, 2.24) is 4.90 Å². The lowest BCUT2D eigenvalue weighted by atomic mass is 10.1. The van der Waals surface area contributed by atoms with E-state index in [1.54, 1.807) is 0 Å². The minimum atomic E-state index is -2.91. The highest BCUT2D eigenvalue weighted by atomic mass is 32.2. The predicted octanol–water partition coefficient (Wildman–Crippen LogP) is 0.759. The molecule has 2 rings (SSSR count). The Morgan fingerprint density at radius 1 is 1.56 bits per heavy atom. The second-order valence-electron chi connectivity index (χ2n) is 4.95. The van der Waals surface area contributed by atoms with Crippen LogP contribution in [-0.2, 0) is 14.6 Å². The molecule has 2 fully saturated rings. The average molecular weight is 290 g/mol. The highest BCUT2D eigenvalue weighted by molar-refractivity contribution is 8.15. The Hall–Kier alpha value is -0.560. The minimum Gasteiger partial charge on any atom is -0.349 e. The number of aliphatic imine (C=N–C) groups is 1. The molecule has 2 saturated heterocycles. The van der Waals surface area contributed by atoms with Crippen molar-refractivity contribution in [3.63, 3.8) is 0 Å². The zero-order valence-electron chi connectivity index (χ0n) is 10.8. The van der Waals surface area contributed by atoms with Crippen molar-refractivity contribution < 1.29 is 13.2 Å². The summed E-state index contributed by atoms with van der Waals surface area (Å²) in [5.74, 6) is 0.186. The predicted molar refractivity (Wildman–Crippen MR) is 73.5 cm³/mol. The third kappa shape index (κ3) is 2.56. The standard InChI is InChI=1S/C11H18N2O3S2/c1-4-7(2)10(14)12-11-13(3)8-5-18(15,16)6-9(8)17-11/h7-9H,4-6H2,1-3H3/t7-,8-,9+/m0/s1. The summed E-state index contributed by atoms with van der Waals surface area (Å²) in [6.07, 6.45) is 0.769. The summed E-state index contributed by atoms with van der Waals surface area (Å²) in [6, 6.07) is -0.0246. The van der Waals surface area contributed by atoms with Crippen molar-refractivity contribution >= 4 is 32.7 Å². The van der Waals surface area contributed by atoms with Gasteiger partial charge in [-0.15, -0.1) is 0 Å². The Morgan fingerprint density at radius 3 is 2.78 bits per heavy atom. The van der Waals surface area contributed by atoms with Gasteiger partial charge in [0.1, 0.15) is 0 Å². The van der Waals surface area contributed by atoms with Crippen LogP contribution >= 0.6 is 11.8 Å². The monoisotopic (exact) mass is 290 g/mol. The summed E-state index contributed by atoms with van der Waals surface area (Å²) in [6.45, 7) is 3.81. The number of hydrogen-bond donors (Lipinski definition) is 0. The molecule has 7 heteroatoms. The average Bonchev–Trinajstić information content (AvgIpc) is 2.73. The van der Waals surface area contributed by atoms with E-state index < -0.39 is 9.84 Å². The van der Waals surface area contributed by atoms with E-state index in [0.717, 1.165) is 6.42 Å². The van der Waals surface area contributed by atoms with Crippen molar-refractivity contribution in [2.45, 2.75) is 31.6 Å². The maximum atomic E-state index is 11.8. The first-order chi connectivity index (χ1) is 8.34. The lowest BCUT2D eigenvalue weighted by molar-refractivity contribution is -0.121. The van der Waals surface area contributed by atoms with Crippen molar-refractivity contribution in [2.75, 3.05) is 18.6 Å². The summed E-state index contributed by atoms with van der Waals surface area (Å²) in [5, 5.41) is 0.702. The molecule has 0 bridgehead atoms. The summed E-state index contributed by atoms with van der Waals surface area (Å²) < 4.78 is 23.1. The molecule has 0 radical (unpaired) electrons. The first-order valence-electron chi connectivity index (χ1n) is 6.06. The molecule has 0 saturated carbocycles. The molecule has 0 N–H and O–H groups in total. The molecule has 2 aliphatic heterocycles. The normalized spacial score (nSPS) is 33.7. The lowest BCUT2D eigenvalue weighted by Gasteiger charge is -2.18. The molecule has 18 heavy (non-hydrogen) atoms. The van der Waals surface area contributed by atoms with Gasteiger partial charge >= 0.3 is 0 Å². The van der Waals surface area contributed by atoms with Gasteiger partial charge in [0.15, 0.2) is 15.0 Å². The van der Waals surface area contributed by atoms with Crippen LogP contribution in [0, 0.1) is 5.92 Å². The van der Waals surface area contributed by atoms with Gasteiger partial charge < -0.3 is 4.90 Å². The second kappa shape index (κ2) is 4.85. The van der Waals surface area contributed by atoms with Crippen LogP contribution in [-0.4, -0.2) is 54.2 Å². The third-order valence-corrected chi connectivity index (χ3v) is 6.87. The zero-order valence-corrected chi connectivity index (χ0v) is 12.4. The fourth-order valence-corrected chi connectivity index (χ4v) is 6.12. The molecule has 2 heterocycles. The molecule has 3 atom stereocenters. The Labute approximate surface area is 112 Å².